The maximum atomic E-state index is 11.4. The molecule has 88 valence electrons. The molecule has 5 heteroatoms. The average molecular weight is 238 g/mol. The monoisotopic (exact) mass is 238 g/mol. The smallest absolute Gasteiger partial charge is 0.244 e. The van der Waals surface area contributed by atoms with Crippen molar-refractivity contribution < 1.29 is 0 Å². The molecule has 2 aromatic carbocycles. The van der Waals surface area contributed by atoms with Crippen LogP contribution in [0.5, 0.6) is 0 Å². The first-order valence-corrected chi connectivity index (χ1v) is 5.51. The molecule has 18 heavy (non-hydrogen) atoms. The SMILES string of the molecule is O=c1[nH]nnn1-c1ccc(-c2ccccc2)cc1. The van der Waals surface area contributed by atoms with Crippen LogP contribution in [-0.2, 0) is 0 Å². The normalized spacial score (nSPS) is 10.4. The summed E-state index contributed by atoms with van der Waals surface area (Å²) in [5.41, 5.74) is 2.57. The lowest BCUT2D eigenvalue weighted by atomic mass is 10.1. The van der Waals surface area contributed by atoms with Crippen molar-refractivity contribution >= 4 is 0 Å². The van der Waals surface area contributed by atoms with E-state index in [4.69, 9.17) is 0 Å². The van der Waals surface area contributed by atoms with Gasteiger partial charge in [0.2, 0.25) is 0 Å². The molecular formula is C13H10N4O. The van der Waals surface area contributed by atoms with E-state index in [-0.39, 0.29) is 5.69 Å². The number of tetrazole rings is 1. The van der Waals surface area contributed by atoms with Gasteiger partial charge in [0, 0.05) is 0 Å². The van der Waals surface area contributed by atoms with Crippen LogP contribution in [-0.4, -0.2) is 20.2 Å². The summed E-state index contributed by atoms with van der Waals surface area (Å²) in [6, 6.07) is 17.6. The number of H-pyrrole nitrogens is 1. The zero-order valence-corrected chi connectivity index (χ0v) is 9.45. The van der Waals surface area contributed by atoms with Gasteiger partial charge in [-0.2, -0.15) is 4.68 Å². The summed E-state index contributed by atoms with van der Waals surface area (Å²) in [7, 11) is 0. The number of aromatic amines is 1. The Morgan fingerprint density at radius 3 is 2.17 bits per heavy atom. The van der Waals surface area contributed by atoms with E-state index in [2.05, 4.69) is 15.5 Å². The molecule has 0 radical (unpaired) electrons. The maximum absolute atomic E-state index is 11.4. The summed E-state index contributed by atoms with van der Waals surface area (Å²) in [5.74, 6) is 0. The molecule has 3 aromatic rings. The highest BCUT2D eigenvalue weighted by Gasteiger charge is 2.03. The van der Waals surface area contributed by atoms with Gasteiger partial charge in [-0.1, -0.05) is 42.5 Å². The molecule has 1 N–H and O–H groups in total. The van der Waals surface area contributed by atoms with Crippen LogP contribution in [0.25, 0.3) is 16.8 Å². The van der Waals surface area contributed by atoms with Crippen molar-refractivity contribution in [3.8, 4) is 16.8 Å². The summed E-state index contributed by atoms with van der Waals surface area (Å²) >= 11 is 0. The van der Waals surface area contributed by atoms with Crippen molar-refractivity contribution in [2.24, 2.45) is 0 Å². The predicted octanol–water partition coefficient (Wildman–Crippen LogP) is 1.62. The predicted molar refractivity (Wildman–Crippen MR) is 67.4 cm³/mol. The van der Waals surface area contributed by atoms with Gasteiger partial charge in [-0.15, -0.1) is 0 Å². The van der Waals surface area contributed by atoms with E-state index in [1.165, 1.54) is 4.68 Å². The molecule has 0 saturated heterocycles. The molecule has 0 aliphatic carbocycles. The first-order valence-electron chi connectivity index (χ1n) is 5.51. The van der Waals surface area contributed by atoms with Crippen molar-refractivity contribution in [3.63, 3.8) is 0 Å². The van der Waals surface area contributed by atoms with Crippen molar-refractivity contribution in [1.82, 2.24) is 20.2 Å². The van der Waals surface area contributed by atoms with E-state index in [1.807, 2.05) is 54.6 Å². The van der Waals surface area contributed by atoms with Crippen LogP contribution in [0.3, 0.4) is 0 Å². The zero-order chi connectivity index (χ0) is 12.4. The van der Waals surface area contributed by atoms with Crippen LogP contribution in [0, 0.1) is 0 Å². The van der Waals surface area contributed by atoms with Crippen LogP contribution < -0.4 is 5.69 Å². The molecule has 5 nitrogen and oxygen atoms in total. The number of hydrogen-bond donors (Lipinski definition) is 1. The Labute approximate surface area is 103 Å². The lowest BCUT2D eigenvalue weighted by Gasteiger charge is -2.02. The molecular weight excluding hydrogens is 228 g/mol. The largest absolute Gasteiger partial charge is 0.365 e. The van der Waals surface area contributed by atoms with Crippen molar-refractivity contribution in [2.75, 3.05) is 0 Å². The summed E-state index contributed by atoms with van der Waals surface area (Å²) in [5, 5.41) is 9.40. The molecule has 0 bridgehead atoms. The fourth-order valence-electron chi connectivity index (χ4n) is 1.79. The molecule has 0 aliphatic rings. The highest BCUT2D eigenvalue weighted by atomic mass is 16.2. The van der Waals surface area contributed by atoms with Gasteiger partial charge in [-0.25, -0.2) is 9.89 Å². The second kappa shape index (κ2) is 4.29. The van der Waals surface area contributed by atoms with E-state index >= 15 is 0 Å². The van der Waals surface area contributed by atoms with Crippen LogP contribution in [0.15, 0.2) is 59.4 Å². The standard InChI is InChI=1S/C13H10N4O/c18-13-14-15-16-17(13)12-8-6-11(7-9-12)10-4-2-1-3-5-10/h1-9H,(H,14,16,18). The Kier molecular flexibility index (Phi) is 2.49. The van der Waals surface area contributed by atoms with Crippen molar-refractivity contribution in [3.05, 3.63) is 65.1 Å². The zero-order valence-electron chi connectivity index (χ0n) is 9.45. The molecule has 1 heterocycles. The molecule has 0 atom stereocenters. The minimum Gasteiger partial charge on any atom is -0.244 e. The molecule has 0 fully saturated rings. The minimum atomic E-state index is -0.345. The lowest BCUT2D eigenvalue weighted by molar-refractivity contribution is 0.780. The topological polar surface area (TPSA) is 63.6 Å². The Morgan fingerprint density at radius 2 is 1.56 bits per heavy atom. The van der Waals surface area contributed by atoms with Gasteiger partial charge in [-0.3, -0.25) is 0 Å². The van der Waals surface area contributed by atoms with Crippen LogP contribution in [0.1, 0.15) is 0 Å². The van der Waals surface area contributed by atoms with Gasteiger partial charge in [0.1, 0.15) is 0 Å². The number of aromatic nitrogens is 4. The van der Waals surface area contributed by atoms with Crippen molar-refractivity contribution in [2.45, 2.75) is 0 Å². The first-order chi connectivity index (χ1) is 8.84. The third-order valence-electron chi connectivity index (χ3n) is 2.69. The van der Waals surface area contributed by atoms with Crippen LogP contribution in [0.4, 0.5) is 0 Å². The Morgan fingerprint density at radius 1 is 0.889 bits per heavy atom. The highest BCUT2D eigenvalue weighted by Crippen LogP contribution is 2.19. The fourth-order valence-corrected chi connectivity index (χ4v) is 1.79. The molecule has 3 rings (SSSR count). The number of hydrogen-bond acceptors (Lipinski definition) is 3. The fraction of sp³-hybridized carbons (Fsp3) is 0. The number of nitrogens with zero attached hydrogens (tertiary/aromatic N) is 3. The second-order valence-electron chi connectivity index (χ2n) is 3.83. The van der Waals surface area contributed by atoms with E-state index in [9.17, 15) is 4.79 Å². The van der Waals surface area contributed by atoms with Gasteiger partial charge >= 0.3 is 5.69 Å². The van der Waals surface area contributed by atoms with E-state index in [1.54, 1.807) is 0 Å². The van der Waals surface area contributed by atoms with E-state index in [0.717, 1.165) is 11.1 Å². The molecule has 0 saturated carbocycles. The minimum absolute atomic E-state index is 0.345. The summed E-state index contributed by atoms with van der Waals surface area (Å²) < 4.78 is 1.22. The van der Waals surface area contributed by atoms with Gasteiger partial charge in [0.15, 0.2) is 0 Å². The molecule has 1 aromatic heterocycles. The number of rotatable bonds is 2. The van der Waals surface area contributed by atoms with Crippen molar-refractivity contribution in [1.29, 1.82) is 0 Å². The summed E-state index contributed by atoms with van der Waals surface area (Å²) in [4.78, 5) is 11.4. The molecule has 0 unspecified atom stereocenters. The summed E-state index contributed by atoms with van der Waals surface area (Å²) in [6.45, 7) is 0. The van der Waals surface area contributed by atoms with Gasteiger partial charge < -0.3 is 0 Å². The second-order valence-corrected chi connectivity index (χ2v) is 3.83. The van der Waals surface area contributed by atoms with Gasteiger partial charge in [0.05, 0.1) is 5.69 Å². The Balaban J connectivity index is 2.00. The Bertz CT molecular complexity index is 698. The van der Waals surface area contributed by atoms with E-state index < -0.39 is 0 Å². The third kappa shape index (κ3) is 1.82. The quantitative estimate of drug-likeness (QED) is 0.738. The number of nitrogens with one attached hydrogen (secondary N) is 1. The highest BCUT2D eigenvalue weighted by molar-refractivity contribution is 5.64. The van der Waals surface area contributed by atoms with E-state index in [0.29, 0.717) is 5.69 Å². The first kappa shape index (κ1) is 10.5. The average Bonchev–Trinajstić information content (AvgIpc) is 2.86. The van der Waals surface area contributed by atoms with Crippen LogP contribution >= 0.6 is 0 Å². The molecule has 0 amide bonds. The van der Waals surface area contributed by atoms with Crippen LogP contribution in [0.2, 0.25) is 0 Å². The number of benzene rings is 2. The summed E-state index contributed by atoms with van der Waals surface area (Å²) in [6.07, 6.45) is 0. The van der Waals surface area contributed by atoms with Gasteiger partial charge in [0.25, 0.3) is 0 Å². The lowest BCUT2D eigenvalue weighted by Crippen LogP contribution is -2.15. The third-order valence-corrected chi connectivity index (χ3v) is 2.69. The Hall–Kier alpha value is -2.69. The van der Waals surface area contributed by atoms with Gasteiger partial charge in [-0.05, 0) is 33.7 Å². The molecule has 0 spiro atoms. The maximum Gasteiger partial charge on any atom is 0.365 e. The molecule has 0 aliphatic heterocycles.